The molecule has 2 unspecified atom stereocenters. The Balaban J connectivity index is 1.25. The van der Waals surface area contributed by atoms with E-state index < -0.39 is 24.8 Å². The second kappa shape index (κ2) is 11.6. The van der Waals surface area contributed by atoms with Crippen molar-refractivity contribution in [2.75, 3.05) is 22.9 Å². The predicted molar refractivity (Wildman–Crippen MR) is 135 cm³/mol. The summed E-state index contributed by atoms with van der Waals surface area (Å²) in [7, 11) is 1.69. The largest absolute Gasteiger partial charge is 0.507 e. The zero-order chi connectivity index (χ0) is 25.7. The summed E-state index contributed by atoms with van der Waals surface area (Å²) in [5, 5.41) is 17.6. The van der Waals surface area contributed by atoms with E-state index in [0.717, 1.165) is 44.1 Å². The third-order valence-electron chi connectivity index (χ3n) is 5.90. The maximum atomic E-state index is 12.5. The van der Waals surface area contributed by atoms with E-state index in [1.54, 1.807) is 9.80 Å². The average Bonchev–Trinajstić information content (AvgIpc) is 3.36. The summed E-state index contributed by atoms with van der Waals surface area (Å²) in [4.78, 5) is 50.5. The highest BCUT2D eigenvalue weighted by atomic mass is 33.1. The number of ether oxygens (including phenoxy) is 2. The van der Waals surface area contributed by atoms with Crippen LogP contribution in [0.1, 0.15) is 24.0 Å². The van der Waals surface area contributed by atoms with Gasteiger partial charge in [-0.2, -0.15) is 0 Å². The molecule has 0 radical (unpaired) electrons. The minimum atomic E-state index is -1.38. The number of anilines is 2. The van der Waals surface area contributed by atoms with Gasteiger partial charge in [0, 0.05) is 50.1 Å². The molecule has 190 valence electrons. The smallest absolute Gasteiger partial charge is 0.450 e. The molecule has 0 saturated heterocycles. The van der Waals surface area contributed by atoms with Crippen LogP contribution in [0.2, 0.25) is 0 Å². The van der Waals surface area contributed by atoms with Crippen LogP contribution in [0.4, 0.5) is 21.0 Å². The lowest BCUT2D eigenvalue weighted by Crippen LogP contribution is -2.37. The number of carboxylic acid groups (broad SMARTS) is 2. The number of fused-ring (bicyclic) bond motifs is 2. The number of carbonyl (C=O) groups excluding carboxylic acids is 2. The van der Waals surface area contributed by atoms with Crippen LogP contribution in [0.3, 0.4) is 0 Å². The lowest BCUT2D eigenvalue weighted by molar-refractivity contribution is -0.111. The van der Waals surface area contributed by atoms with Crippen LogP contribution < -0.4 is 9.80 Å². The van der Waals surface area contributed by atoms with Crippen molar-refractivity contribution in [1.82, 2.24) is 0 Å². The highest BCUT2D eigenvalue weighted by Crippen LogP contribution is 2.35. The van der Waals surface area contributed by atoms with Gasteiger partial charge < -0.3 is 29.5 Å². The number of hydrogen-bond acceptors (Lipinski definition) is 10. The normalized spacial score (nSPS) is 17.9. The molecule has 36 heavy (non-hydrogen) atoms. The number of benzene rings is 2. The van der Waals surface area contributed by atoms with E-state index in [1.165, 1.54) is 0 Å². The van der Waals surface area contributed by atoms with Crippen LogP contribution in [0, 0.1) is 0 Å². The molecule has 0 aromatic heterocycles. The van der Waals surface area contributed by atoms with Gasteiger partial charge in [0.25, 0.3) is 0 Å². The van der Waals surface area contributed by atoms with Crippen molar-refractivity contribution in [3.63, 3.8) is 0 Å². The van der Waals surface area contributed by atoms with E-state index in [4.69, 9.17) is 19.7 Å². The zero-order valence-electron chi connectivity index (χ0n) is 19.1. The van der Waals surface area contributed by atoms with Gasteiger partial charge in [0.1, 0.15) is 0 Å². The predicted octanol–water partition coefficient (Wildman–Crippen LogP) is 4.37. The van der Waals surface area contributed by atoms with Gasteiger partial charge in [0.15, 0.2) is 12.5 Å². The van der Waals surface area contributed by atoms with Gasteiger partial charge >= 0.3 is 12.3 Å². The molecular formula is C24H24N2O8S2. The molecule has 0 aliphatic carbocycles. The van der Waals surface area contributed by atoms with E-state index in [0.29, 0.717) is 12.8 Å². The van der Waals surface area contributed by atoms with Gasteiger partial charge in [-0.25, -0.2) is 9.59 Å². The number of nitrogens with zero attached hydrogens (tertiary/aromatic N) is 2. The topological polar surface area (TPSA) is 134 Å². The second-order valence-corrected chi connectivity index (χ2v) is 10.4. The first-order valence-corrected chi connectivity index (χ1v) is 13.3. The molecule has 0 fully saturated rings. The molecular weight excluding hydrogens is 508 g/mol. The van der Waals surface area contributed by atoms with Gasteiger partial charge in [-0.05, 0) is 44.8 Å². The molecule has 0 bridgehead atoms. The van der Waals surface area contributed by atoms with Crippen molar-refractivity contribution >= 4 is 55.5 Å². The Morgan fingerprint density at radius 3 is 1.50 bits per heavy atom. The Morgan fingerprint density at radius 1 is 0.722 bits per heavy atom. The maximum absolute atomic E-state index is 12.5. The Morgan fingerprint density at radius 2 is 1.11 bits per heavy atom. The summed E-state index contributed by atoms with van der Waals surface area (Å²) in [6.07, 6.45) is -3.13. The van der Waals surface area contributed by atoms with Crippen LogP contribution in [-0.2, 0) is 31.9 Å². The minimum absolute atomic E-state index is 0.104. The second-order valence-electron chi connectivity index (χ2n) is 8.14. The van der Waals surface area contributed by atoms with E-state index >= 15 is 0 Å². The minimum Gasteiger partial charge on any atom is -0.450 e. The highest BCUT2D eigenvalue weighted by Gasteiger charge is 2.33. The molecule has 2 atom stereocenters. The van der Waals surface area contributed by atoms with E-state index in [2.05, 4.69) is 0 Å². The molecule has 2 heterocycles. The fourth-order valence-corrected chi connectivity index (χ4v) is 6.00. The number of para-hydroxylation sites is 2. The van der Waals surface area contributed by atoms with E-state index in [1.807, 2.05) is 48.5 Å². The van der Waals surface area contributed by atoms with Crippen molar-refractivity contribution in [1.29, 1.82) is 0 Å². The Labute approximate surface area is 214 Å². The molecule has 2 aliphatic heterocycles. The van der Waals surface area contributed by atoms with Crippen LogP contribution in [0.15, 0.2) is 48.5 Å². The quantitative estimate of drug-likeness (QED) is 0.369. The number of hydrogen-bond donors (Lipinski definition) is 2. The Kier molecular flexibility index (Phi) is 8.26. The van der Waals surface area contributed by atoms with Crippen molar-refractivity contribution in [2.24, 2.45) is 0 Å². The summed E-state index contributed by atoms with van der Waals surface area (Å²) in [6, 6.07) is 14.9. The Hall–Kier alpha value is -3.38. The van der Waals surface area contributed by atoms with Crippen LogP contribution in [-0.4, -0.2) is 58.3 Å². The SMILES string of the molecule is O=C(O)OC1Cc2ccccc2N1CCC(=O)SSC(=O)CCN1c2ccccc2CC1OC(=O)O. The summed E-state index contributed by atoms with van der Waals surface area (Å²) >= 11 is 0. The average molecular weight is 533 g/mol. The third kappa shape index (κ3) is 6.24. The standard InChI is InChI=1S/C24H24N2O8S2/c27-21(9-11-25-17-7-3-1-5-15(17)13-19(25)33-23(29)30)35-36-22(28)10-12-26-18-8-4-2-6-16(18)14-20(26)34-24(31)32/h1-8,19-20H,9-14H2,(H,29,30)(H,31,32). The molecule has 2 aliphatic rings. The molecule has 2 aromatic carbocycles. The van der Waals surface area contributed by atoms with Gasteiger partial charge in [-0.15, -0.1) is 0 Å². The molecule has 10 nitrogen and oxygen atoms in total. The van der Waals surface area contributed by atoms with Crippen molar-refractivity contribution in [3.05, 3.63) is 59.7 Å². The van der Waals surface area contributed by atoms with Crippen molar-refractivity contribution in [3.8, 4) is 0 Å². The van der Waals surface area contributed by atoms with Gasteiger partial charge in [-0.3, -0.25) is 9.59 Å². The van der Waals surface area contributed by atoms with Crippen LogP contribution >= 0.6 is 21.6 Å². The monoisotopic (exact) mass is 532 g/mol. The van der Waals surface area contributed by atoms with Gasteiger partial charge in [0.2, 0.25) is 10.2 Å². The lowest BCUT2D eigenvalue weighted by atomic mass is 10.2. The molecule has 0 spiro atoms. The van der Waals surface area contributed by atoms with Gasteiger partial charge in [-0.1, -0.05) is 36.4 Å². The lowest BCUT2D eigenvalue weighted by Gasteiger charge is -2.26. The van der Waals surface area contributed by atoms with Crippen LogP contribution in [0.5, 0.6) is 0 Å². The summed E-state index contributed by atoms with van der Waals surface area (Å²) in [5.74, 6) is 0. The first-order chi connectivity index (χ1) is 17.3. The third-order valence-corrected chi connectivity index (χ3v) is 8.13. The summed E-state index contributed by atoms with van der Waals surface area (Å²) < 4.78 is 9.98. The van der Waals surface area contributed by atoms with Crippen molar-refractivity contribution < 1.29 is 38.9 Å². The number of rotatable bonds is 8. The molecule has 2 aromatic rings. The first kappa shape index (κ1) is 25.7. The molecule has 0 saturated carbocycles. The van der Waals surface area contributed by atoms with E-state index in [-0.39, 0.29) is 36.2 Å². The zero-order valence-corrected chi connectivity index (χ0v) is 20.7. The fraction of sp³-hybridized carbons (Fsp3) is 0.333. The van der Waals surface area contributed by atoms with Crippen molar-refractivity contribution in [2.45, 2.75) is 38.1 Å². The van der Waals surface area contributed by atoms with Crippen LogP contribution in [0.25, 0.3) is 0 Å². The molecule has 12 heteroatoms. The summed E-state index contributed by atoms with van der Waals surface area (Å²) in [5.41, 5.74) is 3.55. The Bertz CT molecular complexity index is 1070. The van der Waals surface area contributed by atoms with Gasteiger partial charge in [0.05, 0.1) is 0 Å². The maximum Gasteiger partial charge on any atom is 0.507 e. The van der Waals surface area contributed by atoms with E-state index in [9.17, 15) is 19.2 Å². The molecule has 2 N–H and O–H groups in total. The first-order valence-electron chi connectivity index (χ1n) is 11.2. The molecule has 0 amide bonds. The number of carbonyl (C=O) groups is 4. The fourth-order valence-electron chi connectivity index (χ4n) is 4.41. The highest BCUT2D eigenvalue weighted by molar-refractivity contribution is 8.87. The summed E-state index contributed by atoms with van der Waals surface area (Å²) in [6.45, 7) is 0.516. The molecule has 4 rings (SSSR count).